The van der Waals surface area contributed by atoms with Gasteiger partial charge in [-0.15, -0.1) is 0 Å². The summed E-state index contributed by atoms with van der Waals surface area (Å²) >= 11 is 0. The van der Waals surface area contributed by atoms with Gasteiger partial charge in [0.15, 0.2) is 0 Å². The first-order chi connectivity index (χ1) is 5.59. The van der Waals surface area contributed by atoms with E-state index >= 15 is 0 Å². The molecule has 70 valence electrons. The van der Waals surface area contributed by atoms with Crippen LogP contribution in [0.4, 0.5) is 0 Å². The molecule has 0 aromatic rings. The lowest BCUT2D eigenvalue weighted by Gasteiger charge is -2.20. The second kappa shape index (κ2) is 3.90. The summed E-state index contributed by atoms with van der Waals surface area (Å²) in [7, 11) is 0. The van der Waals surface area contributed by atoms with Crippen molar-refractivity contribution in [1.29, 1.82) is 0 Å². The SMILES string of the molecule is CC(=O)NC1CCN(C(C)C)C1. The molecule has 0 spiro atoms. The maximum absolute atomic E-state index is 10.7. The van der Waals surface area contributed by atoms with Crippen molar-refractivity contribution in [3.63, 3.8) is 0 Å². The van der Waals surface area contributed by atoms with Crippen molar-refractivity contribution in [1.82, 2.24) is 10.2 Å². The van der Waals surface area contributed by atoms with Crippen LogP contribution in [0.15, 0.2) is 0 Å². The molecule has 0 aromatic carbocycles. The number of carbonyl (C=O) groups is 1. The minimum Gasteiger partial charge on any atom is -0.352 e. The monoisotopic (exact) mass is 170 g/mol. The zero-order chi connectivity index (χ0) is 9.14. The van der Waals surface area contributed by atoms with E-state index in [1.54, 1.807) is 6.92 Å². The van der Waals surface area contributed by atoms with Crippen LogP contribution in [-0.4, -0.2) is 36.0 Å². The third-order valence-electron chi connectivity index (χ3n) is 2.36. The zero-order valence-electron chi connectivity index (χ0n) is 8.13. The molecule has 1 saturated heterocycles. The summed E-state index contributed by atoms with van der Waals surface area (Å²) in [5.41, 5.74) is 0. The Balaban J connectivity index is 2.30. The minimum absolute atomic E-state index is 0.0885. The lowest BCUT2D eigenvalue weighted by atomic mass is 10.2. The van der Waals surface area contributed by atoms with Crippen LogP contribution in [0.1, 0.15) is 27.2 Å². The molecule has 1 rings (SSSR count). The lowest BCUT2D eigenvalue weighted by Crippen LogP contribution is -2.37. The standard InChI is InChI=1S/C9H18N2O/c1-7(2)11-5-4-9(6-11)10-8(3)12/h7,9H,4-6H2,1-3H3,(H,10,12). The van der Waals surface area contributed by atoms with E-state index in [0.717, 1.165) is 19.5 Å². The summed E-state index contributed by atoms with van der Waals surface area (Å²) in [6.45, 7) is 8.09. The quantitative estimate of drug-likeness (QED) is 0.658. The summed E-state index contributed by atoms with van der Waals surface area (Å²) in [4.78, 5) is 13.1. The fourth-order valence-corrected chi connectivity index (χ4v) is 1.66. The number of amides is 1. The largest absolute Gasteiger partial charge is 0.352 e. The van der Waals surface area contributed by atoms with Crippen LogP contribution in [0, 0.1) is 0 Å². The van der Waals surface area contributed by atoms with Gasteiger partial charge in [0.05, 0.1) is 0 Å². The summed E-state index contributed by atoms with van der Waals surface area (Å²) in [6.07, 6.45) is 1.10. The van der Waals surface area contributed by atoms with Crippen LogP contribution in [0.5, 0.6) is 0 Å². The fraction of sp³-hybridized carbons (Fsp3) is 0.889. The molecule has 0 bridgehead atoms. The Morgan fingerprint density at radius 3 is 2.67 bits per heavy atom. The number of likely N-dealkylation sites (tertiary alicyclic amines) is 1. The molecule has 0 radical (unpaired) electrons. The van der Waals surface area contributed by atoms with E-state index in [4.69, 9.17) is 0 Å². The number of carbonyl (C=O) groups excluding carboxylic acids is 1. The van der Waals surface area contributed by atoms with Gasteiger partial charge in [-0.3, -0.25) is 9.69 Å². The van der Waals surface area contributed by atoms with Crippen molar-refractivity contribution in [3.05, 3.63) is 0 Å². The Morgan fingerprint density at radius 1 is 1.58 bits per heavy atom. The predicted molar refractivity (Wildman–Crippen MR) is 48.9 cm³/mol. The van der Waals surface area contributed by atoms with Crippen molar-refractivity contribution >= 4 is 5.91 Å². The van der Waals surface area contributed by atoms with Crippen molar-refractivity contribution in [2.75, 3.05) is 13.1 Å². The van der Waals surface area contributed by atoms with Gasteiger partial charge in [0.1, 0.15) is 0 Å². The minimum atomic E-state index is 0.0885. The smallest absolute Gasteiger partial charge is 0.217 e. The van der Waals surface area contributed by atoms with Gasteiger partial charge in [-0.2, -0.15) is 0 Å². The molecule has 1 aliphatic heterocycles. The molecule has 3 heteroatoms. The Morgan fingerprint density at radius 2 is 2.25 bits per heavy atom. The first-order valence-corrected chi connectivity index (χ1v) is 4.60. The first kappa shape index (κ1) is 9.52. The van der Waals surface area contributed by atoms with Crippen molar-refractivity contribution in [3.8, 4) is 0 Å². The Kier molecular flexibility index (Phi) is 3.09. The highest BCUT2D eigenvalue weighted by atomic mass is 16.1. The zero-order valence-corrected chi connectivity index (χ0v) is 8.13. The highest BCUT2D eigenvalue weighted by molar-refractivity contribution is 5.73. The van der Waals surface area contributed by atoms with E-state index in [0.29, 0.717) is 12.1 Å². The molecule has 0 saturated carbocycles. The van der Waals surface area contributed by atoms with E-state index in [-0.39, 0.29) is 5.91 Å². The number of hydrogen-bond donors (Lipinski definition) is 1. The van der Waals surface area contributed by atoms with Gasteiger partial charge in [0.25, 0.3) is 0 Å². The molecule has 1 aliphatic rings. The van der Waals surface area contributed by atoms with Crippen molar-refractivity contribution < 1.29 is 4.79 Å². The van der Waals surface area contributed by atoms with Crippen molar-refractivity contribution in [2.24, 2.45) is 0 Å². The van der Waals surface area contributed by atoms with Gasteiger partial charge in [0.2, 0.25) is 5.91 Å². The number of rotatable bonds is 2. The fourth-order valence-electron chi connectivity index (χ4n) is 1.66. The Hall–Kier alpha value is -0.570. The van der Waals surface area contributed by atoms with E-state index in [9.17, 15) is 4.79 Å². The molecule has 0 aromatic heterocycles. The number of nitrogens with one attached hydrogen (secondary N) is 1. The average molecular weight is 170 g/mol. The molecular formula is C9H18N2O. The summed E-state index contributed by atoms with van der Waals surface area (Å²) < 4.78 is 0. The van der Waals surface area contributed by atoms with Crippen LogP contribution in [0.2, 0.25) is 0 Å². The van der Waals surface area contributed by atoms with E-state index < -0.39 is 0 Å². The van der Waals surface area contributed by atoms with Crippen molar-refractivity contribution in [2.45, 2.75) is 39.3 Å². The average Bonchev–Trinajstić information content (AvgIpc) is 2.34. The van der Waals surface area contributed by atoms with Gasteiger partial charge in [0, 0.05) is 32.1 Å². The molecule has 1 heterocycles. The van der Waals surface area contributed by atoms with Gasteiger partial charge in [-0.25, -0.2) is 0 Å². The molecule has 12 heavy (non-hydrogen) atoms. The molecular weight excluding hydrogens is 152 g/mol. The van der Waals surface area contributed by atoms with Crippen LogP contribution >= 0.6 is 0 Å². The van der Waals surface area contributed by atoms with Gasteiger partial charge >= 0.3 is 0 Å². The molecule has 1 atom stereocenters. The second-order valence-electron chi connectivity index (χ2n) is 3.77. The van der Waals surface area contributed by atoms with Gasteiger partial charge in [-0.05, 0) is 20.3 Å². The summed E-state index contributed by atoms with van der Waals surface area (Å²) in [5, 5.41) is 2.95. The molecule has 1 fully saturated rings. The Labute approximate surface area is 74.1 Å². The molecule has 1 unspecified atom stereocenters. The molecule has 0 aliphatic carbocycles. The van der Waals surface area contributed by atoms with Gasteiger partial charge in [-0.1, -0.05) is 0 Å². The van der Waals surface area contributed by atoms with Crippen LogP contribution in [-0.2, 0) is 4.79 Å². The number of nitrogens with zero attached hydrogens (tertiary/aromatic N) is 1. The van der Waals surface area contributed by atoms with E-state index in [1.165, 1.54) is 0 Å². The summed E-state index contributed by atoms with van der Waals surface area (Å²) in [6, 6.07) is 0.980. The van der Waals surface area contributed by atoms with Crippen LogP contribution in [0.25, 0.3) is 0 Å². The predicted octanol–water partition coefficient (Wildman–Crippen LogP) is 0.605. The normalized spacial score (nSPS) is 24.8. The van der Waals surface area contributed by atoms with Crippen LogP contribution < -0.4 is 5.32 Å². The third kappa shape index (κ3) is 2.48. The highest BCUT2D eigenvalue weighted by Gasteiger charge is 2.24. The van der Waals surface area contributed by atoms with Gasteiger partial charge < -0.3 is 5.32 Å². The van der Waals surface area contributed by atoms with E-state index in [1.807, 2.05) is 0 Å². The second-order valence-corrected chi connectivity index (χ2v) is 3.77. The maximum atomic E-state index is 10.7. The molecule has 1 amide bonds. The summed E-state index contributed by atoms with van der Waals surface area (Å²) in [5.74, 6) is 0.0885. The molecule has 1 N–H and O–H groups in total. The first-order valence-electron chi connectivity index (χ1n) is 4.60. The third-order valence-corrected chi connectivity index (χ3v) is 2.36. The Bertz CT molecular complexity index is 168. The van der Waals surface area contributed by atoms with Crippen LogP contribution in [0.3, 0.4) is 0 Å². The van der Waals surface area contributed by atoms with E-state index in [2.05, 4.69) is 24.1 Å². The lowest BCUT2D eigenvalue weighted by molar-refractivity contribution is -0.119. The number of hydrogen-bond acceptors (Lipinski definition) is 2. The highest BCUT2D eigenvalue weighted by Crippen LogP contribution is 2.11. The molecule has 3 nitrogen and oxygen atoms in total. The topological polar surface area (TPSA) is 32.3 Å². The maximum Gasteiger partial charge on any atom is 0.217 e.